The van der Waals surface area contributed by atoms with Crippen molar-refractivity contribution in [1.29, 1.82) is 0 Å². The van der Waals surface area contributed by atoms with Crippen LogP contribution in [0.5, 0.6) is 5.88 Å². The van der Waals surface area contributed by atoms with E-state index in [0.717, 1.165) is 27.5 Å². The highest BCUT2D eigenvalue weighted by Crippen LogP contribution is 2.42. The summed E-state index contributed by atoms with van der Waals surface area (Å²) < 4.78 is 6.86. The Kier molecular flexibility index (Phi) is 6.86. The lowest BCUT2D eigenvalue weighted by Gasteiger charge is -2.24. The Morgan fingerprint density at radius 1 is 1.13 bits per heavy atom. The van der Waals surface area contributed by atoms with Crippen molar-refractivity contribution >= 4 is 43.7 Å². The van der Waals surface area contributed by atoms with Crippen molar-refractivity contribution in [2.24, 2.45) is 0 Å². The number of aromatic nitrogens is 1. The number of benzene rings is 2. The summed E-state index contributed by atoms with van der Waals surface area (Å²) in [6, 6.07) is 21.2. The van der Waals surface area contributed by atoms with Crippen molar-refractivity contribution in [3.05, 3.63) is 98.7 Å². The molecule has 0 amide bonds. The summed E-state index contributed by atoms with van der Waals surface area (Å²) in [5, 5.41) is 5.44. The van der Waals surface area contributed by atoms with Gasteiger partial charge < -0.3 is 9.64 Å². The molecule has 0 saturated heterocycles. The summed E-state index contributed by atoms with van der Waals surface area (Å²) in [4.78, 5) is 7.04. The molecular formula is C26H25BrN2OS. The van der Waals surface area contributed by atoms with E-state index in [1.165, 1.54) is 16.7 Å². The lowest BCUT2D eigenvalue weighted by atomic mass is 9.82. The molecule has 2 heterocycles. The zero-order valence-corrected chi connectivity index (χ0v) is 20.3. The first-order valence-electron chi connectivity index (χ1n) is 10.1. The molecule has 0 bridgehead atoms. The van der Waals surface area contributed by atoms with Gasteiger partial charge in [-0.05, 0) is 71.9 Å². The second-order valence-corrected chi connectivity index (χ2v) is 9.40. The van der Waals surface area contributed by atoms with Crippen molar-refractivity contribution in [3.63, 3.8) is 0 Å². The lowest BCUT2D eigenvalue weighted by Crippen LogP contribution is -2.13. The maximum absolute atomic E-state index is 5.82. The fourth-order valence-corrected chi connectivity index (χ4v) is 4.84. The van der Waals surface area contributed by atoms with Crippen LogP contribution in [0.4, 0.5) is 0 Å². The molecule has 31 heavy (non-hydrogen) atoms. The van der Waals surface area contributed by atoms with E-state index in [2.05, 4.69) is 100 Å². The second kappa shape index (κ2) is 9.77. The Morgan fingerprint density at radius 3 is 2.61 bits per heavy atom. The van der Waals surface area contributed by atoms with Gasteiger partial charge in [0.15, 0.2) is 0 Å². The van der Waals surface area contributed by atoms with Gasteiger partial charge in [-0.1, -0.05) is 52.3 Å². The van der Waals surface area contributed by atoms with Crippen molar-refractivity contribution in [2.45, 2.75) is 5.92 Å². The van der Waals surface area contributed by atoms with Crippen LogP contribution in [-0.2, 0) is 0 Å². The minimum atomic E-state index is 0.00146. The first-order chi connectivity index (χ1) is 15.1. The van der Waals surface area contributed by atoms with E-state index in [0.29, 0.717) is 5.88 Å². The Bertz CT molecular complexity index is 1190. The van der Waals surface area contributed by atoms with Crippen LogP contribution in [0.1, 0.15) is 22.6 Å². The minimum absolute atomic E-state index is 0.00146. The molecule has 0 aliphatic carbocycles. The third kappa shape index (κ3) is 4.90. The van der Waals surface area contributed by atoms with E-state index in [1.807, 2.05) is 12.1 Å². The number of halogens is 1. The molecule has 0 aliphatic rings. The van der Waals surface area contributed by atoms with Crippen molar-refractivity contribution in [2.75, 3.05) is 27.7 Å². The molecule has 2 aromatic heterocycles. The standard InChI is InChI=1S/C26H25BrN2OS/c1-29(2)13-11-22(19-12-14-31-17-19)25(18-7-5-4-6-8-18)23-16-20-15-21(27)9-10-24(20)28-26(23)30-3/h4-12,14-17,25H,13H2,1-3H3/b22-11-. The highest BCUT2D eigenvalue weighted by molar-refractivity contribution is 9.10. The number of ether oxygens (including phenoxy) is 1. The normalized spacial score (nSPS) is 13.0. The topological polar surface area (TPSA) is 25.4 Å². The maximum atomic E-state index is 5.82. The Hall–Kier alpha value is -2.47. The molecule has 0 fully saturated rings. The van der Waals surface area contributed by atoms with Gasteiger partial charge in [0.25, 0.3) is 0 Å². The van der Waals surface area contributed by atoms with Gasteiger partial charge >= 0.3 is 0 Å². The molecule has 2 aromatic carbocycles. The number of thiophene rings is 1. The van der Waals surface area contributed by atoms with E-state index in [1.54, 1.807) is 18.4 Å². The zero-order valence-electron chi connectivity index (χ0n) is 17.9. The number of hydrogen-bond acceptors (Lipinski definition) is 4. The van der Waals surface area contributed by atoms with E-state index in [4.69, 9.17) is 9.72 Å². The monoisotopic (exact) mass is 492 g/mol. The molecule has 4 rings (SSSR count). The number of methoxy groups -OCH3 is 1. The van der Waals surface area contributed by atoms with Gasteiger partial charge in [0.2, 0.25) is 5.88 Å². The second-order valence-electron chi connectivity index (χ2n) is 7.70. The summed E-state index contributed by atoms with van der Waals surface area (Å²) in [5.74, 6) is 0.663. The molecule has 0 aliphatic heterocycles. The smallest absolute Gasteiger partial charge is 0.217 e. The molecule has 3 nitrogen and oxygen atoms in total. The molecule has 1 atom stereocenters. The molecule has 158 valence electrons. The fourth-order valence-electron chi connectivity index (χ4n) is 3.80. The number of nitrogens with zero attached hydrogens (tertiary/aromatic N) is 2. The average molecular weight is 493 g/mol. The predicted molar refractivity (Wildman–Crippen MR) is 135 cm³/mol. The van der Waals surface area contributed by atoms with Crippen LogP contribution in [-0.4, -0.2) is 37.6 Å². The predicted octanol–water partition coefficient (Wildman–Crippen LogP) is 6.84. The van der Waals surface area contributed by atoms with Crippen LogP contribution in [0.15, 0.2) is 82.0 Å². The molecule has 0 radical (unpaired) electrons. The van der Waals surface area contributed by atoms with E-state index < -0.39 is 0 Å². The quantitative estimate of drug-likeness (QED) is 0.282. The van der Waals surface area contributed by atoms with Crippen LogP contribution >= 0.6 is 27.3 Å². The van der Waals surface area contributed by atoms with E-state index in [-0.39, 0.29) is 5.92 Å². The maximum Gasteiger partial charge on any atom is 0.217 e. The molecule has 1 unspecified atom stereocenters. The average Bonchev–Trinajstić information content (AvgIpc) is 3.31. The van der Waals surface area contributed by atoms with Crippen molar-refractivity contribution < 1.29 is 4.74 Å². The van der Waals surface area contributed by atoms with Crippen LogP contribution < -0.4 is 4.74 Å². The van der Waals surface area contributed by atoms with Gasteiger partial charge in [0.05, 0.1) is 12.6 Å². The molecule has 4 aromatic rings. The number of allylic oxidation sites excluding steroid dienone is 1. The van der Waals surface area contributed by atoms with Gasteiger partial charge in [-0.15, -0.1) is 0 Å². The van der Waals surface area contributed by atoms with E-state index in [9.17, 15) is 0 Å². The van der Waals surface area contributed by atoms with Gasteiger partial charge in [0.1, 0.15) is 0 Å². The third-order valence-corrected chi connectivity index (χ3v) is 6.43. The van der Waals surface area contributed by atoms with Crippen molar-refractivity contribution in [3.8, 4) is 5.88 Å². The first-order valence-corrected chi connectivity index (χ1v) is 11.9. The minimum Gasteiger partial charge on any atom is -0.481 e. The summed E-state index contributed by atoms with van der Waals surface area (Å²) in [6.45, 7) is 0.851. The van der Waals surface area contributed by atoms with Crippen LogP contribution in [0, 0.1) is 0 Å². The zero-order chi connectivity index (χ0) is 21.8. The number of likely N-dealkylation sites (N-methyl/N-ethyl adjacent to an activating group) is 1. The molecule has 0 N–H and O–H groups in total. The number of rotatable bonds is 7. The summed E-state index contributed by atoms with van der Waals surface area (Å²) in [5.41, 5.74) is 5.70. The van der Waals surface area contributed by atoms with Gasteiger partial charge in [0, 0.05) is 27.9 Å². The number of pyridine rings is 1. The molecule has 5 heteroatoms. The lowest BCUT2D eigenvalue weighted by molar-refractivity contribution is 0.394. The van der Waals surface area contributed by atoms with Gasteiger partial charge in [-0.3, -0.25) is 0 Å². The number of hydrogen-bond donors (Lipinski definition) is 0. The Balaban J connectivity index is 1.98. The van der Waals surface area contributed by atoms with Gasteiger partial charge in [-0.25, -0.2) is 4.98 Å². The van der Waals surface area contributed by atoms with E-state index >= 15 is 0 Å². The Morgan fingerprint density at radius 2 is 1.94 bits per heavy atom. The third-order valence-electron chi connectivity index (χ3n) is 5.25. The summed E-state index contributed by atoms with van der Waals surface area (Å²) >= 11 is 5.32. The highest BCUT2D eigenvalue weighted by atomic mass is 79.9. The van der Waals surface area contributed by atoms with Crippen molar-refractivity contribution in [1.82, 2.24) is 9.88 Å². The Labute approximate surface area is 196 Å². The van der Waals surface area contributed by atoms with Crippen LogP contribution in [0.3, 0.4) is 0 Å². The summed E-state index contributed by atoms with van der Waals surface area (Å²) in [6.07, 6.45) is 2.32. The SMILES string of the molecule is COc1nc2ccc(Br)cc2cc1C(/C(=C\CN(C)C)c1ccsc1)c1ccccc1. The largest absolute Gasteiger partial charge is 0.481 e. The fraction of sp³-hybridized carbons (Fsp3) is 0.192. The van der Waals surface area contributed by atoms with Crippen LogP contribution in [0.25, 0.3) is 16.5 Å². The molecule has 0 saturated carbocycles. The molecule has 0 spiro atoms. The highest BCUT2D eigenvalue weighted by Gasteiger charge is 2.25. The van der Waals surface area contributed by atoms with Crippen LogP contribution in [0.2, 0.25) is 0 Å². The summed E-state index contributed by atoms with van der Waals surface area (Å²) in [7, 11) is 5.89. The first kappa shape index (κ1) is 21.8. The van der Waals surface area contributed by atoms with Gasteiger partial charge in [-0.2, -0.15) is 11.3 Å². The molecular weight excluding hydrogens is 468 g/mol. The number of fused-ring (bicyclic) bond motifs is 1.